The van der Waals surface area contributed by atoms with Gasteiger partial charge in [-0.3, -0.25) is 0 Å². The van der Waals surface area contributed by atoms with E-state index in [1.807, 2.05) is 27.7 Å². The molecule has 0 unspecified atom stereocenters. The maximum absolute atomic E-state index is 5.70. The lowest BCUT2D eigenvalue weighted by molar-refractivity contribution is 0.0105. The Morgan fingerprint density at radius 1 is 0.769 bits per heavy atom. The summed E-state index contributed by atoms with van der Waals surface area (Å²) in [6, 6.07) is 0. The van der Waals surface area contributed by atoms with Crippen molar-refractivity contribution >= 4 is 0 Å². The van der Waals surface area contributed by atoms with Gasteiger partial charge < -0.3 is 4.74 Å². The summed E-state index contributed by atoms with van der Waals surface area (Å²) >= 11 is 0. The maximum atomic E-state index is 5.70. The molecule has 1 saturated heterocycles. The van der Waals surface area contributed by atoms with Gasteiger partial charge in [0.25, 0.3) is 0 Å². The Bertz CT molecular complexity index is 80.2. The molecule has 1 saturated carbocycles. The molecule has 1 aliphatic heterocycles. The van der Waals surface area contributed by atoms with Gasteiger partial charge in [0.2, 0.25) is 0 Å². The van der Waals surface area contributed by atoms with Crippen molar-refractivity contribution in [1.82, 2.24) is 0 Å². The third-order valence-electron chi connectivity index (χ3n) is 2.70. The van der Waals surface area contributed by atoms with Crippen molar-refractivity contribution in [3.8, 4) is 0 Å². The predicted octanol–water partition coefficient (Wildman–Crippen LogP) is 4.16. The van der Waals surface area contributed by atoms with Gasteiger partial charge in [-0.2, -0.15) is 0 Å². The van der Waals surface area contributed by atoms with Gasteiger partial charge >= 0.3 is 0 Å². The zero-order valence-electron chi connectivity index (χ0n) is 9.86. The molecule has 80 valence electrons. The lowest BCUT2D eigenvalue weighted by atomic mass is 9.99. The van der Waals surface area contributed by atoms with Crippen LogP contribution < -0.4 is 0 Å². The van der Waals surface area contributed by atoms with E-state index in [4.69, 9.17) is 4.74 Å². The third-order valence-corrected chi connectivity index (χ3v) is 2.70. The average Bonchev–Trinajstić information content (AvgIpc) is 2.87. The van der Waals surface area contributed by atoms with Gasteiger partial charge in [0, 0.05) is 6.61 Å². The molecule has 1 spiro atoms. The normalized spacial score (nSPS) is 23.1. The molecule has 1 nitrogen and oxygen atoms in total. The quantitative estimate of drug-likeness (QED) is 0.552. The molecule has 0 aromatic rings. The molecule has 0 amide bonds. The van der Waals surface area contributed by atoms with Crippen LogP contribution in [0.15, 0.2) is 0 Å². The molecule has 1 heterocycles. The minimum absolute atomic E-state index is 0.389. The van der Waals surface area contributed by atoms with Gasteiger partial charge in [0.1, 0.15) is 0 Å². The SMILES string of the molecule is C1CCC2(C1)CCCO2.CC.CC. The monoisotopic (exact) mass is 186 g/mol. The van der Waals surface area contributed by atoms with Crippen LogP contribution in [0.5, 0.6) is 0 Å². The van der Waals surface area contributed by atoms with Crippen molar-refractivity contribution in [1.29, 1.82) is 0 Å². The molecule has 2 rings (SSSR count). The Balaban J connectivity index is 0.000000322. The highest BCUT2D eigenvalue weighted by Crippen LogP contribution is 2.40. The van der Waals surface area contributed by atoms with E-state index < -0.39 is 0 Å². The van der Waals surface area contributed by atoms with Gasteiger partial charge in [0.05, 0.1) is 5.60 Å². The lowest BCUT2D eigenvalue weighted by Crippen LogP contribution is -2.21. The van der Waals surface area contributed by atoms with Crippen molar-refractivity contribution in [2.24, 2.45) is 0 Å². The molecule has 2 fully saturated rings. The molecular weight excluding hydrogens is 160 g/mol. The van der Waals surface area contributed by atoms with Crippen LogP contribution in [0.2, 0.25) is 0 Å². The second-order valence-corrected chi connectivity index (χ2v) is 3.34. The molecule has 0 bridgehead atoms. The van der Waals surface area contributed by atoms with E-state index >= 15 is 0 Å². The Morgan fingerprint density at radius 3 is 1.62 bits per heavy atom. The summed E-state index contributed by atoms with van der Waals surface area (Å²) in [5, 5.41) is 0. The predicted molar refractivity (Wildman–Crippen MR) is 59.1 cm³/mol. The smallest absolute Gasteiger partial charge is 0.0683 e. The van der Waals surface area contributed by atoms with Crippen LogP contribution in [0, 0.1) is 0 Å². The van der Waals surface area contributed by atoms with Crippen LogP contribution >= 0.6 is 0 Å². The van der Waals surface area contributed by atoms with E-state index in [2.05, 4.69) is 0 Å². The summed E-state index contributed by atoms with van der Waals surface area (Å²) in [7, 11) is 0. The molecule has 0 aromatic carbocycles. The van der Waals surface area contributed by atoms with Crippen LogP contribution in [-0.2, 0) is 4.74 Å². The molecule has 1 aliphatic carbocycles. The molecule has 2 aliphatic rings. The summed E-state index contributed by atoms with van der Waals surface area (Å²) in [6.45, 7) is 9.03. The number of hydrogen-bond donors (Lipinski definition) is 0. The average molecular weight is 186 g/mol. The first-order valence-electron chi connectivity index (χ1n) is 6.05. The topological polar surface area (TPSA) is 9.23 Å². The minimum atomic E-state index is 0.389. The summed E-state index contributed by atoms with van der Waals surface area (Å²) in [5.74, 6) is 0. The summed E-state index contributed by atoms with van der Waals surface area (Å²) in [6.07, 6.45) is 8.13. The first-order chi connectivity index (χ1) is 6.41. The fourth-order valence-electron chi connectivity index (χ4n) is 2.17. The molecule has 0 radical (unpaired) electrons. The highest BCUT2D eigenvalue weighted by Gasteiger charge is 2.37. The standard InChI is InChI=1S/C8H14O.2C2H6/c1-2-5-8(4-1)6-3-7-9-8;2*1-2/h1-7H2;2*1-2H3. The van der Waals surface area contributed by atoms with Crippen molar-refractivity contribution in [2.75, 3.05) is 6.61 Å². The summed E-state index contributed by atoms with van der Waals surface area (Å²) in [5.41, 5.74) is 0.389. The summed E-state index contributed by atoms with van der Waals surface area (Å²) in [4.78, 5) is 0. The largest absolute Gasteiger partial charge is 0.375 e. The van der Waals surface area contributed by atoms with Crippen molar-refractivity contribution in [3.63, 3.8) is 0 Å². The number of hydrogen-bond acceptors (Lipinski definition) is 1. The van der Waals surface area contributed by atoms with Crippen molar-refractivity contribution < 1.29 is 4.74 Å². The molecular formula is C12H26O. The van der Waals surface area contributed by atoms with Crippen LogP contribution in [0.4, 0.5) is 0 Å². The Morgan fingerprint density at radius 2 is 1.23 bits per heavy atom. The van der Waals surface area contributed by atoms with Gasteiger partial charge in [-0.15, -0.1) is 0 Å². The fourth-order valence-corrected chi connectivity index (χ4v) is 2.17. The Labute approximate surface area is 83.9 Å². The van der Waals surface area contributed by atoms with Crippen molar-refractivity contribution in [2.45, 2.75) is 71.8 Å². The van der Waals surface area contributed by atoms with Crippen LogP contribution in [-0.4, -0.2) is 12.2 Å². The first-order valence-corrected chi connectivity index (χ1v) is 6.05. The fraction of sp³-hybridized carbons (Fsp3) is 1.00. The van der Waals surface area contributed by atoms with Crippen molar-refractivity contribution in [3.05, 3.63) is 0 Å². The van der Waals surface area contributed by atoms with Gasteiger partial charge in [-0.25, -0.2) is 0 Å². The summed E-state index contributed by atoms with van der Waals surface area (Å²) < 4.78 is 5.70. The zero-order chi connectivity index (χ0) is 10.2. The molecule has 0 N–H and O–H groups in total. The van der Waals surface area contributed by atoms with E-state index in [-0.39, 0.29) is 0 Å². The Kier molecular flexibility index (Phi) is 7.35. The van der Waals surface area contributed by atoms with Gasteiger partial charge in [-0.1, -0.05) is 40.5 Å². The zero-order valence-corrected chi connectivity index (χ0v) is 9.86. The van der Waals surface area contributed by atoms with Crippen LogP contribution in [0.1, 0.15) is 66.2 Å². The van der Waals surface area contributed by atoms with E-state index in [9.17, 15) is 0 Å². The van der Waals surface area contributed by atoms with Crippen LogP contribution in [0.3, 0.4) is 0 Å². The van der Waals surface area contributed by atoms with Crippen LogP contribution in [0.25, 0.3) is 0 Å². The second kappa shape index (κ2) is 7.37. The van der Waals surface area contributed by atoms with E-state index in [0.29, 0.717) is 5.60 Å². The highest BCUT2D eigenvalue weighted by atomic mass is 16.5. The number of rotatable bonds is 0. The Hall–Kier alpha value is -0.0400. The highest BCUT2D eigenvalue weighted by molar-refractivity contribution is 4.89. The molecule has 0 aromatic heterocycles. The lowest BCUT2D eigenvalue weighted by Gasteiger charge is -2.20. The first kappa shape index (κ1) is 13.0. The number of ether oxygens (including phenoxy) is 1. The minimum Gasteiger partial charge on any atom is -0.375 e. The van der Waals surface area contributed by atoms with Gasteiger partial charge in [-0.05, 0) is 25.7 Å². The van der Waals surface area contributed by atoms with E-state index in [0.717, 1.165) is 6.61 Å². The second-order valence-electron chi connectivity index (χ2n) is 3.34. The van der Waals surface area contributed by atoms with E-state index in [1.54, 1.807) is 0 Å². The molecule has 13 heavy (non-hydrogen) atoms. The molecule has 1 heteroatoms. The van der Waals surface area contributed by atoms with E-state index in [1.165, 1.54) is 38.5 Å². The maximum Gasteiger partial charge on any atom is 0.0683 e. The molecule has 0 atom stereocenters. The van der Waals surface area contributed by atoms with Gasteiger partial charge in [0.15, 0.2) is 0 Å². The third kappa shape index (κ3) is 3.68.